The summed E-state index contributed by atoms with van der Waals surface area (Å²) in [5.41, 5.74) is 0.242. The molecule has 3 unspecified atom stereocenters. The van der Waals surface area contributed by atoms with Crippen molar-refractivity contribution in [1.82, 2.24) is 5.32 Å². The molecular weight excluding hydrogens is 268 g/mol. The molecule has 1 aliphatic rings. The molecular formula is C18H27F2N. The third-order valence-electron chi connectivity index (χ3n) is 4.87. The fourth-order valence-corrected chi connectivity index (χ4v) is 3.53. The van der Waals surface area contributed by atoms with Crippen LogP contribution in [0.3, 0.4) is 0 Å². The van der Waals surface area contributed by atoms with E-state index < -0.39 is 11.6 Å². The quantitative estimate of drug-likeness (QED) is 0.768. The summed E-state index contributed by atoms with van der Waals surface area (Å²) in [6, 6.07) is 4.34. The molecule has 3 heteroatoms. The van der Waals surface area contributed by atoms with Crippen LogP contribution in [0, 0.1) is 23.5 Å². The van der Waals surface area contributed by atoms with E-state index in [9.17, 15) is 8.78 Å². The molecule has 0 bridgehead atoms. The molecule has 0 radical (unpaired) electrons. The number of halogens is 2. The van der Waals surface area contributed by atoms with Gasteiger partial charge in [-0.15, -0.1) is 0 Å². The second kappa shape index (κ2) is 7.88. The average Bonchev–Trinajstić information content (AvgIpc) is 2.95. The van der Waals surface area contributed by atoms with Crippen LogP contribution >= 0.6 is 0 Å². The summed E-state index contributed by atoms with van der Waals surface area (Å²) in [5.74, 6) is 0.499. The van der Waals surface area contributed by atoms with Crippen molar-refractivity contribution in [2.45, 2.75) is 58.4 Å². The number of hydrogen-bond donors (Lipinski definition) is 1. The van der Waals surface area contributed by atoms with Crippen molar-refractivity contribution < 1.29 is 8.78 Å². The van der Waals surface area contributed by atoms with Gasteiger partial charge in [-0.3, -0.25) is 0 Å². The first kappa shape index (κ1) is 16.4. The molecule has 1 fully saturated rings. The number of hydrogen-bond acceptors (Lipinski definition) is 1. The highest BCUT2D eigenvalue weighted by atomic mass is 19.1. The Morgan fingerprint density at radius 1 is 1.19 bits per heavy atom. The van der Waals surface area contributed by atoms with Crippen LogP contribution in [0.25, 0.3) is 0 Å². The van der Waals surface area contributed by atoms with E-state index in [1.54, 1.807) is 0 Å². The number of benzene rings is 1. The van der Waals surface area contributed by atoms with E-state index in [0.29, 0.717) is 12.3 Å². The van der Waals surface area contributed by atoms with Crippen LogP contribution in [0.5, 0.6) is 0 Å². The number of rotatable bonds is 7. The lowest BCUT2D eigenvalue weighted by atomic mass is 9.90. The lowest BCUT2D eigenvalue weighted by Gasteiger charge is -2.25. The fraction of sp³-hybridized carbons (Fsp3) is 0.667. The van der Waals surface area contributed by atoms with Crippen LogP contribution in [0.2, 0.25) is 0 Å². The minimum Gasteiger partial charge on any atom is -0.313 e. The molecule has 0 heterocycles. The topological polar surface area (TPSA) is 12.0 Å². The first-order valence-corrected chi connectivity index (χ1v) is 8.31. The SMILES string of the molecule is CCCNC(Cc1c(F)cccc1F)C1CCC(CC)C1. The Balaban J connectivity index is 2.09. The van der Waals surface area contributed by atoms with Crippen molar-refractivity contribution in [2.24, 2.45) is 11.8 Å². The Kier molecular flexibility index (Phi) is 6.16. The Hall–Kier alpha value is -0.960. The zero-order valence-corrected chi connectivity index (χ0v) is 13.2. The molecule has 118 valence electrons. The van der Waals surface area contributed by atoms with Gasteiger partial charge in [0.15, 0.2) is 0 Å². The first-order chi connectivity index (χ1) is 10.2. The Morgan fingerprint density at radius 2 is 1.90 bits per heavy atom. The third kappa shape index (κ3) is 4.26. The van der Waals surface area contributed by atoms with E-state index in [-0.39, 0.29) is 11.6 Å². The molecule has 21 heavy (non-hydrogen) atoms. The number of nitrogens with one attached hydrogen (secondary N) is 1. The summed E-state index contributed by atoms with van der Waals surface area (Å²) < 4.78 is 27.8. The van der Waals surface area contributed by atoms with Crippen molar-refractivity contribution in [1.29, 1.82) is 0 Å². The molecule has 1 nitrogen and oxygen atoms in total. The van der Waals surface area contributed by atoms with Crippen LogP contribution in [-0.2, 0) is 6.42 Å². The molecule has 3 atom stereocenters. The van der Waals surface area contributed by atoms with Gasteiger partial charge in [0, 0.05) is 11.6 Å². The van der Waals surface area contributed by atoms with E-state index in [1.807, 2.05) is 0 Å². The highest BCUT2D eigenvalue weighted by Gasteiger charge is 2.30. The lowest BCUT2D eigenvalue weighted by Crippen LogP contribution is -2.38. The molecule has 1 aromatic carbocycles. The van der Waals surface area contributed by atoms with Gasteiger partial charge in [0.1, 0.15) is 11.6 Å². The molecule has 1 aromatic rings. The van der Waals surface area contributed by atoms with Crippen LogP contribution in [0.1, 0.15) is 51.5 Å². The van der Waals surface area contributed by atoms with Crippen molar-refractivity contribution in [3.8, 4) is 0 Å². The monoisotopic (exact) mass is 295 g/mol. The van der Waals surface area contributed by atoms with Crippen molar-refractivity contribution in [3.05, 3.63) is 35.4 Å². The van der Waals surface area contributed by atoms with Gasteiger partial charge in [0.05, 0.1) is 0 Å². The maximum atomic E-state index is 13.9. The van der Waals surface area contributed by atoms with Gasteiger partial charge in [-0.25, -0.2) is 8.78 Å². The summed E-state index contributed by atoms with van der Waals surface area (Å²) in [5, 5.41) is 3.53. The molecule has 1 N–H and O–H groups in total. The van der Waals surface area contributed by atoms with Gasteiger partial charge in [0.25, 0.3) is 0 Å². The molecule has 0 saturated heterocycles. The minimum atomic E-state index is -0.414. The summed E-state index contributed by atoms with van der Waals surface area (Å²) >= 11 is 0. The molecule has 0 aliphatic heterocycles. The predicted molar refractivity (Wildman–Crippen MR) is 83.3 cm³/mol. The minimum absolute atomic E-state index is 0.188. The largest absolute Gasteiger partial charge is 0.313 e. The molecule has 0 aromatic heterocycles. The summed E-state index contributed by atoms with van der Waals surface area (Å²) in [6.07, 6.45) is 6.33. The van der Waals surface area contributed by atoms with E-state index in [0.717, 1.165) is 18.9 Å². The fourth-order valence-electron chi connectivity index (χ4n) is 3.53. The average molecular weight is 295 g/mol. The van der Waals surface area contributed by atoms with E-state index in [1.165, 1.54) is 43.9 Å². The Morgan fingerprint density at radius 3 is 2.48 bits per heavy atom. The lowest BCUT2D eigenvalue weighted by molar-refractivity contribution is 0.337. The summed E-state index contributed by atoms with van der Waals surface area (Å²) in [4.78, 5) is 0. The second-order valence-electron chi connectivity index (χ2n) is 6.31. The van der Waals surface area contributed by atoms with Gasteiger partial charge < -0.3 is 5.32 Å². The van der Waals surface area contributed by atoms with Crippen molar-refractivity contribution in [2.75, 3.05) is 6.54 Å². The van der Waals surface area contributed by atoms with Crippen molar-refractivity contribution in [3.63, 3.8) is 0 Å². The van der Waals surface area contributed by atoms with Crippen LogP contribution in [0.15, 0.2) is 18.2 Å². The van der Waals surface area contributed by atoms with Crippen LogP contribution in [0.4, 0.5) is 8.78 Å². The van der Waals surface area contributed by atoms with E-state index >= 15 is 0 Å². The maximum absolute atomic E-state index is 13.9. The zero-order chi connectivity index (χ0) is 15.2. The predicted octanol–water partition coefficient (Wildman–Crippen LogP) is 4.70. The highest BCUT2D eigenvalue weighted by Crippen LogP contribution is 2.36. The molecule has 1 saturated carbocycles. The third-order valence-corrected chi connectivity index (χ3v) is 4.87. The van der Waals surface area contributed by atoms with Gasteiger partial charge in [-0.1, -0.05) is 32.8 Å². The molecule has 0 spiro atoms. The molecule has 2 rings (SSSR count). The highest BCUT2D eigenvalue weighted by molar-refractivity contribution is 5.21. The van der Waals surface area contributed by atoms with Gasteiger partial charge in [0.2, 0.25) is 0 Å². The standard InChI is InChI=1S/C18H27F2N/c1-3-10-21-18(14-9-8-13(4-2)11-14)12-15-16(19)6-5-7-17(15)20/h5-7,13-14,18,21H,3-4,8-12H2,1-2H3. The van der Waals surface area contributed by atoms with Crippen LogP contribution < -0.4 is 5.32 Å². The van der Waals surface area contributed by atoms with Crippen molar-refractivity contribution >= 4 is 0 Å². The molecule has 0 amide bonds. The Labute approximate surface area is 127 Å². The summed E-state index contributed by atoms with van der Waals surface area (Å²) in [7, 11) is 0. The van der Waals surface area contributed by atoms with Crippen LogP contribution in [-0.4, -0.2) is 12.6 Å². The Bertz CT molecular complexity index is 427. The second-order valence-corrected chi connectivity index (χ2v) is 6.31. The van der Waals surface area contributed by atoms with Gasteiger partial charge >= 0.3 is 0 Å². The molecule has 1 aliphatic carbocycles. The van der Waals surface area contributed by atoms with E-state index in [2.05, 4.69) is 19.2 Å². The normalized spacial score (nSPS) is 23.4. The van der Waals surface area contributed by atoms with Gasteiger partial charge in [-0.05, 0) is 56.2 Å². The smallest absolute Gasteiger partial charge is 0.129 e. The van der Waals surface area contributed by atoms with Gasteiger partial charge in [-0.2, -0.15) is 0 Å². The maximum Gasteiger partial charge on any atom is 0.129 e. The summed E-state index contributed by atoms with van der Waals surface area (Å²) in [6.45, 7) is 5.27. The zero-order valence-electron chi connectivity index (χ0n) is 13.2. The first-order valence-electron chi connectivity index (χ1n) is 8.31. The van der Waals surface area contributed by atoms with E-state index in [4.69, 9.17) is 0 Å².